The molecule has 2 heterocycles. The second kappa shape index (κ2) is 10.7. The van der Waals surface area contributed by atoms with Gasteiger partial charge in [-0.15, -0.1) is 0 Å². The molecule has 1 saturated heterocycles. The molecule has 1 aliphatic rings. The Morgan fingerprint density at radius 1 is 1.09 bits per heavy atom. The van der Waals surface area contributed by atoms with Gasteiger partial charge in [0.1, 0.15) is 5.75 Å². The van der Waals surface area contributed by atoms with Crippen molar-refractivity contribution in [3.8, 4) is 5.75 Å². The van der Waals surface area contributed by atoms with E-state index >= 15 is 0 Å². The summed E-state index contributed by atoms with van der Waals surface area (Å²) in [4.78, 5) is 10.5. The van der Waals surface area contributed by atoms with Crippen molar-refractivity contribution in [3.63, 3.8) is 0 Å². The van der Waals surface area contributed by atoms with Gasteiger partial charge in [-0.3, -0.25) is 4.72 Å². The summed E-state index contributed by atoms with van der Waals surface area (Å²) >= 11 is 0. The first-order chi connectivity index (χ1) is 16.8. The molecule has 1 fully saturated rings. The van der Waals surface area contributed by atoms with Gasteiger partial charge in [0.2, 0.25) is 16.0 Å². The van der Waals surface area contributed by atoms with E-state index in [1.54, 1.807) is 24.3 Å². The maximum absolute atomic E-state index is 14.5. The molecule has 0 spiro atoms. The summed E-state index contributed by atoms with van der Waals surface area (Å²) in [6.45, 7) is 5.29. The maximum atomic E-state index is 14.5. The molecule has 0 amide bonds. The Morgan fingerprint density at radius 3 is 2.54 bits per heavy atom. The summed E-state index contributed by atoms with van der Waals surface area (Å²) in [6, 6.07) is 12.3. The molecule has 0 atom stereocenters. The van der Waals surface area contributed by atoms with Crippen molar-refractivity contribution in [2.45, 2.75) is 6.92 Å². The average Bonchev–Trinajstić information content (AvgIpc) is 2.83. The molecule has 0 unspecified atom stereocenters. The lowest BCUT2D eigenvalue weighted by molar-refractivity contribution is 0.122. The van der Waals surface area contributed by atoms with Gasteiger partial charge in [0.05, 0.1) is 49.3 Å². The maximum Gasteiger partial charge on any atom is 0.229 e. The Bertz CT molecular complexity index is 1280. The van der Waals surface area contributed by atoms with Gasteiger partial charge in [0.15, 0.2) is 11.6 Å². The third-order valence-corrected chi connectivity index (χ3v) is 5.70. The molecule has 0 aliphatic carbocycles. The number of halogens is 1. The molecule has 0 radical (unpaired) electrons. The SMILES string of the molecule is CCOc1cc(N2CCOCC2)ccc1Nc1ncc(F)c(Nc2ccccc2NS(C)(=O)=O)n1. The van der Waals surface area contributed by atoms with E-state index in [1.165, 1.54) is 0 Å². The van der Waals surface area contributed by atoms with Gasteiger partial charge >= 0.3 is 0 Å². The van der Waals surface area contributed by atoms with Crippen molar-refractivity contribution in [1.29, 1.82) is 0 Å². The molecular formula is C23H27FN6O4S. The van der Waals surface area contributed by atoms with Crippen LogP contribution in [0.15, 0.2) is 48.7 Å². The van der Waals surface area contributed by atoms with Gasteiger partial charge < -0.3 is 25.0 Å². The van der Waals surface area contributed by atoms with Crippen LogP contribution in [0.1, 0.15) is 6.92 Å². The van der Waals surface area contributed by atoms with Crippen LogP contribution in [0.4, 0.5) is 38.9 Å². The highest BCUT2D eigenvalue weighted by molar-refractivity contribution is 7.92. The van der Waals surface area contributed by atoms with Gasteiger partial charge in [-0.05, 0) is 31.2 Å². The lowest BCUT2D eigenvalue weighted by Crippen LogP contribution is -2.36. The molecule has 35 heavy (non-hydrogen) atoms. The average molecular weight is 503 g/mol. The molecule has 0 bridgehead atoms. The van der Waals surface area contributed by atoms with E-state index in [9.17, 15) is 12.8 Å². The zero-order valence-electron chi connectivity index (χ0n) is 19.4. The Balaban J connectivity index is 1.58. The highest BCUT2D eigenvalue weighted by Crippen LogP contribution is 2.33. The van der Waals surface area contributed by atoms with E-state index in [0.717, 1.165) is 31.2 Å². The van der Waals surface area contributed by atoms with Crippen molar-refractivity contribution < 1.29 is 22.3 Å². The minimum Gasteiger partial charge on any atom is -0.492 e. The fraction of sp³-hybridized carbons (Fsp3) is 0.304. The minimum absolute atomic E-state index is 0.117. The Labute approximate surface area is 203 Å². The highest BCUT2D eigenvalue weighted by Gasteiger charge is 2.16. The van der Waals surface area contributed by atoms with Crippen molar-refractivity contribution in [2.75, 3.05) is 59.4 Å². The molecule has 1 aromatic heterocycles. The summed E-state index contributed by atoms with van der Waals surface area (Å²) in [5.41, 5.74) is 2.24. The number of para-hydroxylation sites is 2. The predicted molar refractivity (Wildman–Crippen MR) is 134 cm³/mol. The number of benzene rings is 2. The van der Waals surface area contributed by atoms with Crippen molar-refractivity contribution in [3.05, 3.63) is 54.5 Å². The van der Waals surface area contributed by atoms with E-state index in [0.29, 0.717) is 36.9 Å². The Kier molecular flexibility index (Phi) is 7.51. The smallest absolute Gasteiger partial charge is 0.229 e. The lowest BCUT2D eigenvalue weighted by Gasteiger charge is -2.29. The number of anilines is 6. The zero-order valence-corrected chi connectivity index (χ0v) is 20.2. The summed E-state index contributed by atoms with van der Waals surface area (Å²) in [5, 5.41) is 5.92. The second-order valence-corrected chi connectivity index (χ2v) is 9.52. The third-order valence-electron chi connectivity index (χ3n) is 5.11. The Morgan fingerprint density at radius 2 is 1.83 bits per heavy atom. The number of hydrogen-bond donors (Lipinski definition) is 3. The van der Waals surface area contributed by atoms with E-state index in [4.69, 9.17) is 9.47 Å². The fourth-order valence-corrected chi connectivity index (χ4v) is 4.13. The summed E-state index contributed by atoms with van der Waals surface area (Å²) in [5.74, 6) is -0.0605. The first kappa shape index (κ1) is 24.5. The zero-order chi connectivity index (χ0) is 24.8. The minimum atomic E-state index is -3.53. The van der Waals surface area contributed by atoms with Crippen molar-refractivity contribution in [2.24, 2.45) is 0 Å². The summed E-state index contributed by atoms with van der Waals surface area (Å²) < 4.78 is 51.5. The number of hydrogen-bond acceptors (Lipinski definition) is 9. The van der Waals surface area contributed by atoms with Crippen LogP contribution >= 0.6 is 0 Å². The van der Waals surface area contributed by atoms with Crippen LogP contribution in [0, 0.1) is 5.82 Å². The van der Waals surface area contributed by atoms with Gasteiger partial charge in [0.25, 0.3) is 0 Å². The number of morpholine rings is 1. The van der Waals surface area contributed by atoms with Crippen LogP contribution in [0.2, 0.25) is 0 Å². The molecule has 10 nitrogen and oxygen atoms in total. The van der Waals surface area contributed by atoms with Crippen molar-refractivity contribution in [1.82, 2.24) is 9.97 Å². The quantitative estimate of drug-likeness (QED) is 0.402. The van der Waals surface area contributed by atoms with Gasteiger partial charge in [-0.2, -0.15) is 4.98 Å². The number of ether oxygens (including phenoxy) is 2. The number of sulfonamides is 1. The van der Waals surface area contributed by atoms with E-state index in [1.807, 2.05) is 25.1 Å². The molecular weight excluding hydrogens is 475 g/mol. The largest absolute Gasteiger partial charge is 0.492 e. The second-order valence-electron chi connectivity index (χ2n) is 7.77. The highest BCUT2D eigenvalue weighted by atomic mass is 32.2. The van der Waals surface area contributed by atoms with Crippen LogP contribution in [-0.2, 0) is 14.8 Å². The van der Waals surface area contributed by atoms with Crippen LogP contribution in [0.5, 0.6) is 5.75 Å². The monoisotopic (exact) mass is 502 g/mol. The van der Waals surface area contributed by atoms with Gasteiger partial charge in [0, 0.05) is 24.8 Å². The molecule has 12 heteroatoms. The van der Waals surface area contributed by atoms with Crippen LogP contribution in [-0.4, -0.2) is 57.6 Å². The molecule has 4 rings (SSSR count). The standard InChI is InChI=1S/C23H27FN6O4S/c1-3-34-21-14-16(30-10-12-33-13-11-30)8-9-20(21)27-23-25-15-17(24)22(28-23)26-18-6-4-5-7-19(18)29-35(2,31)32/h4-9,14-15,29H,3,10-13H2,1-2H3,(H2,25,26,27,28). The normalized spacial score (nSPS) is 13.9. The molecule has 3 N–H and O–H groups in total. The predicted octanol–water partition coefficient (Wildman–Crippen LogP) is 3.71. The van der Waals surface area contributed by atoms with Gasteiger partial charge in [-0.25, -0.2) is 17.8 Å². The summed E-state index contributed by atoms with van der Waals surface area (Å²) in [6.07, 6.45) is 2.07. The lowest BCUT2D eigenvalue weighted by atomic mass is 10.2. The molecule has 186 valence electrons. The fourth-order valence-electron chi connectivity index (χ4n) is 3.55. The molecule has 2 aromatic carbocycles. The van der Waals surface area contributed by atoms with Crippen LogP contribution in [0.3, 0.4) is 0 Å². The molecule has 0 saturated carbocycles. The molecule has 3 aromatic rings. The Hall–Kier alpha value is -3.64. The third kappa shape index (κ3) is 6.49. The van der Waals surface area contributed by atoms with E-state index in [2.05, 4.69) is 30.2 Å². The first-order valence-corrected chi connectivity index (χ1v) is 12.9. The topological polar surface area (TPSA) is 118 Å². The number of aromatic nitrogens is 2. The molecule has 1 aliphatic heterocycles. The summed E-state index contributed by atoms with van der Waals surface area (Å²) in [7, 11) is -3.53. The van der Waals surface area contributed by atoms with Crippen LogP contribution in [0.25, 0.3) is 0 Å². The van der Waals surface area contributed by atoms with Crippen LogP contribution < -0.4 is 25.0 Å². The number of rotatable bonds is 9. The number of nitrogens with zero attached hydrogens (tertiary/aromatic N) is 3. The number of nitrogens with one attached hydrogen (secondary N) is 3. The van der Waals surface area contributed by atoms with Gasteiger partial charge in [-0.1, -0.05) is 12.1 Å². The van der Waals surface area contributed by atoms with E-state index in [-0.39, 0.29) is 17.5 Å². The first-order valence-electron chi connectivity index (χ1n) is 11.1. The van der Waals surface area contributed by atoms with Crippen molar-refractivity contribution >= 4 is 44.5 Å². The van der Waals surface area contributed by atoms with E-state index < -0.39 is 15.8 Å².